The number of nitrogens with one attached hydrogen (secondary N) is 2. The van der Waals surface area contributed by atoms with Crippen LogP contribution in [0, 0.1) is 13.8 Å². The summed E-state index contributed by atoms with van der Waals surface area (Å²) in [4.78, 5) is 20.8. The standard InChI is InChI=1S/C21H26N4O/c1-15-7-6-10-18(16(15)2)25-21(26)19-13-20(24-14-23-19)22-12-11-17-8-4-3-5-9-17/h6-8,10,13-14H,3-5,9,11-12H2,1-2H3,(H,25,26)(H,22,23,24). The number of amides is 1. The number of carbonyl (C=O) groups excluding carboxylic acids is 1. The molecule has 0 radical (unpaired) electrons. The molecule has 2 aromatic rings. The van der Waals surface area contributed by atoms with Crippen molar-refractivity contribution in [3.05, 3.63) is 59.1 Å². The Labute approximate surface area is 155 Å². The largest absolute Gasteiger partial charge is 0.370 e. The molecule has 0 saturated carbocycles. The molecule has 0 spiro atoms. The molecular weight excluding hydrogens is 324 g/mol. The third kappa shape index (κ3) is 4.69. The van der Waals surface area contributed by atoms with Crippen molar-refractivity contribution in [3.63, 3.8) is 0 Å². The molecule has 1 amide bonds. The van der Waals surface area contributed by atoms with Crippen LogP contribution in [0.1, 0.15) is 53.7 Å². The number of carbonyl (C=O) groups is 1. The molecule has 0 unspecified atom stereocenters. The summed E-state index contributed by atoms with van der Waals surface area (Å²) in [6, 6.07) is 7.57. The van der Waals surface area contributed by atoms with Gasteiger partial charge in [-0.3, -0.25) is 4.79 Å². The van der Waals surface area contributed by atoms with Crippen LogP contribution in [0.2, 0.25) is 0 Å². The first-order valence-electron chi connectivity index (χ1n) is 9.25. The number of aromatic nitrogens is 2. The molecule has 1 aliphatic rings. The van der Waals surface area contributed by atoms with Gasteiger partial charge in [-0.1, -0.05) is 23.8 Å². The second kappa shape index (κ2) is 8.61. The van der Waals surface area contributed by atoms with E-state index in [4.69, 9.17) is 0 Å². The molecule has 1 aromatic carbocycles. The monoisotopic (exact) mass is 350 g/mol. The molecule has 26 heavy (non-hydrogen) atoms. The SMILES string of the molecule is Cc1cccc(NC(=O)c2cc(NCCC3=CCCCC3)ncn2)c1C. The number of anilines is 2. The summed E-state index contributed by atoms with van der Waals surface area (Å²) >= 11 is 0. The van der Waals surface area contributed by atoms with Crippen LogP contribution in [-0.4, -0.2) is 22.4 Å². The van der Waals surface area contributed by atoms with E-state index in [1.54, 1.807) is 6.07 Å². The van der Waals surface area contributed by atoms with E-state index in [1.807, 2.05) is 32.0 Å². The van der Waals surface area contributed by atoms with Crippen molar-refractivity contribution in [1.29, 1.82) is 0 Å². The number of hydrogen-bond donors (Lipinski definition) is 2. The maximum atomic E-state index is 12.5. The maximum absolute atomic E-state index is 12.5. The first kappa shape index (κ1) is 18.1. The van der Waals surface area contributed by atoms with Crippen molar-refractivity contribution in [2.24, 2.45) is 0 Å². The zero-order valence-electron chi connectivity index (χ0n) is 15.5. The molecule has 0 saturated heterocycles. The lowest BCUT2D eigenvalue weighted by Gasteiger charge is -2.13. The van der Waals surface area contributed by atoms with Crippen LogP contribution in [0.15, 0.2) is 42.2 Å². The third-order valence-electron chi connectivity index (χ3n) is 4.89. The molecule has 5 heteroatoms. The van der Waals surface area contributed by atoms with Gasteiger partial charge in [-0.25, -0.2) is 9.97 Å². The Morgan fingerprint density at radius 1 is 1.19 bits per heavy atom. The lowest BCUT2D eigenvalue weighted by Crippen LogP contribution is -2.16. The van der Waals surface area contributed by atoms with E-state index in [0.717, 1.165) is 29.8 Å². The first-order chi connectivity index (χ1) is 12.6. The highest BCUT2D eigenvalue weighted by Gasteiger charge is 2.11. The summed E-state index contributed by atoms with van der Waals surface area (Å²) in [5.41, 5.74) is 4.90. The van der Waals surface area contributed by atoms with Crippen LogP contribution in [0.25, 0.3) is 0 Å². The van der Waals surface area contributed by atoms with Gasteiger partial charge in [-0.05, 0) is 63.1 Å². The number of rotatable bonds is 6. The lowest BCUT2D eigenvalue weighted by molar-refractivity contribution is 0.102. The minimum Gasteiger partial charge on any atom is -0.370 e. The smallest absolute Gasteiger partial charge is 0.274 e. The Morgan fingerprint density at radius 2 is 2.08 bits per heavy atom. The predicted octanol–water partition coefficient (Wildman–Crippen LogP) is 4.65. The molecule has 136 valence electrons. The summed E-state index contributed by atoms with van der Waals surface area (Å²) in [7, 11) is 0. The van der Waals surface area contributed by atoms with Crippen molar-refractivity contribution in [1.82, 2.24) is 9.97 Å². The number of hydrogen-bond acceptors (Lipinski definition) is 4. The first-order valence-corrected chi connectivity index (χ1v) is 9.25. The van der Waals surface area contributed by atoms with E-state index in [-0.39, 0.29) is 5.91 Å². The number of allylic oxidation sites excluding steroid dienone is 1. The quantitative estimate of drug-likeness (QED) is 0.744. The van der Waals surface area contributed by atoms with Crippen LogP contribution >= 0.6 is 0 Å². The van der Waals surface area contributed by atoms with Crippen molar-refractivity contribution >= 4 is 17.4 Å². The maximum Gasteiger partial charge on any atom is 0.274 e. The minimum absolute atomic E-state index is 0.223. The van der Waals surface area contributed by atoms with E-state index in [0.29, 0.717) is 11.5 Å². The molecule has 3 rings (SSSR count). The molecule has 2 N–H and O–H groups in total. The number of aryl methyl sites for hydroxylation is 1. The number of nitrogens with zero attached hydrogens (tertiary/aromatic N) is 2. The molecule has 5 nitrogen and oxygen atoms in total. The van der Waals surface area contributed by atoms with Gasteiger partial charge >= 0.3 is 0 Å². The highest BCUT2D eigenvalue weighted by Crippen LogP contribution is 2.20. The minimum atomic E-state index is -0.223. The second-order valence-electron chi connectivity index (χ2n) is 6.78. The Hall–Kier alpha value is -2.69. The van der Waals surface area contributed by atoms with Gasteiger partial charge in [0.15, 0.2) is 0 Å². The van der Waals surface area contributed by atoms with Crippen molar-refractivity contribution in [3.8, 4) is 0 Å². The fourth-order valence-electron chi connectivity index (χ4n) is 3.13. The molecule has 0 atom stereocenters. The van der Waals surface area contributed by atoms with Crippen LogP contribution in [-0.2, 0) is 0 Å². The van der Waals surface area contributed by atoms with Crippen LogP contribution < -0.4 is 10.6 Å². The highest BCUT2D eigenvalue weighted by molar-refractivity contribution is 6.03. The van der Waals surface area contributed by atoms with E-state index in [1.165, 1.54) is 37.6 Å². The van der Waals surface area contributed by atoms with E-state index >= 15 is 0 Å². The van der Waals surface area contributed by atoms with Crippen molar-refractivity contribution < 1.29 is 4.79 Å². The normalized spacial score (nSPS) is 13.8. The van der Waals surface area contributed by atoms with E-state index in [2.05, 4.69) is 26.7 Å². The Kier molecular flexibility index (Phi) is 6.00. The summed E-state index contributed by atoms with van der Waals surface area (Å²) in [6.45, 7) is 4.85. The molecule has 1 aliphatic carbocycles. The Bertz CT molecular complexity index is 813. The highest BCUT2D eigenvalue weighted by atomic mass is 16.1. The third-order valence-corrected chi connectivity index (χ3v) is 4.89. The van der Waals surface area contributed by atoms with Crippen molar-refractivity contribution in [2.45, 2.75) is 46.0 Å². The summed E-state index contributed by atoms with van der Waals surface area (Å²) in [6.07, 6.45) is 9.81. The molecule has 0 aliphatic heterocycles. The predicted molar refractivity (Wildman–Crippen MR) is 106 cm³/mol. The summed E-state index contributed by atoms with van der Waals surface area (Å²) in [5.74, 6) is 0.460. The van der Waals surface area contributed by atoms with E-state index in [9.17, 15) is 4.79 Å². The second-order valence-corrected chi connectivity index (χ2v) is 6.78. The number of benzene rings is 1. The van der Waals surface area contributed by atoms with Gasteiger partial charge in [0, 0.05) is 18.3 Å². The van der Waals surface area contributed by atoms with Gasteiger partial charge in [0.2, 0.25) is 0 Å². The van der Waals surface area contributed by atoms with Crippen LogP contribution in [0.3, 0.4) is 0 Å². The fraction of sp³-hybridized carbons (Fsp3) is 0.381. The molecular formula is C21H26N4O. The van der Waals surface area contributed by atoms with Crippen molar-refractivity contribution in [2.75, 3.05) is 17.2 Å². The molecule has 1 aromatic heterocycles. The lowest BCUT2D eigenvalue weighted by atomic mass is 9.97. The Morgan fingerprint density at radius 3 is 2.88 bits per heavy atom. The van der Waals surface area contributed by atoms with Crippen LogP contribution in [0.5, 0.6) is 0 Å². The molecule has 0 fully saturated rings. The van der Waals surface area contributed by atoms with Gasteiger partial charge in [0.1, 0.15) is 17.8 Å². The van der Waals surface area contributed by atoms with Gasteiger partial charge in [-0.15, -0.1) is 0 Å². The average Bonchev–Trinajstić information content (AvgIpc) is 2.66. The zero-order valence-corrected chi connectivity index (χ0v) is 15.5. The molecule has 0 bridgehead atoms. The Balaban J connectivity index is 1.60. The van der Waals surface area contributed by atoms with Crippen LogP contribution in [0.4, 0.5) is 11.5 Å². The van der Waals surface area contributed by atoms with Gasteiger partial charge in [0.25, 0.3) is 5.91 Å². The fourth-order valence-corrected chi connectivity index (χ4v) is 3.13. The average molecular weight is 350 g/mol. The van der Waals surface area contributed by atoms with Gasteiger partial charge < -0.3 is 10.6 Å². The summed E-state index contributed by atoms with van der Waals surface area (Å²) < 4.78 is 0. The van der Waals surface area contributed by atoms with Gasteiger partial charge in [0.05, 0.1) is 0 Å². The summed E-state index contributed by atoms with van der Waals surface area (Å²) in [5, 5.41) is 6.24. The van der Waals surface area contributed by atoms with E-state index < -0.39 is 0 Å². The molecule has 1 heterocycles. The topological polar surface area (TPSA) is 66.9 Å². The zero-order chi connectivity index (χ0) is 18.4. The van der Waals surface area contributed by atoms with Gasteiger partial charge in [-0.2, -0.15) is 0 Å².